The van der Waals surface area contributed by atoms with Crippen LogP contribution in [-0.4, -0.2) is 27.8 Å². The molecule has 31 heavy (non-hydrogen) atoms. The van der Waals surface area contributed by atoms with E-state index in [2.05, 4.69) is 38.4 Å². The molecule has 5 rings (SSSR count). The number of ether oxygens (including phenoxy) is 2. The van der Waals surface area contributed by atoms with Crippen molar-refractivity contribution in [1.82, 2.24) is 14.6 Å². The molecule has 1 saturated carbocycles. The van der Waals surface area contributed by atoms with Gasteiger partial charge in [-0.05, 0) is 77.7 Å². The van der Waals surface area contributed by atoms with Crippen LogP contribution in [0.25, 0.3) is 28.2 Å². The van der Waals surface area contributed by atoms with E-state index in [1.165, 1.54) is 6.07 Å². The van der Waals surface area contributed by atoms with Crippen molar-refractivity contribution >= 4 is 28.2 Å². The Kier molecular flexibility index (Phi) is 5.47. The second kappa shape index (κ2) is 8.41. The summed E-state index contributed by atoms with van der Waals surface area (Å²) < 4.78 is 39.0. The van der Waals surface area contributed by atoms with Crippen molar-refractivity contribution in [1.29, 1.82) is 0 Å². The predicted octanol–water partition coefficient (Wildman–Crippen LogP) is 6.06. The summed E-state index contributed by atoms with van der Waals surface area (Å²) in [7, 11) is 0. The van der Waals surface area contributed by atoms with Gasteiger partial charge in [0.2, 0.25) is 0 Å². The van der Waals surface area contributed by atoms with Gasteiger partial charge in [0.25, 0.3) is 0 Å². The van der Waals surface area contributed by atoms with Gasteiger partial charge in [-0.15, -0.1) is 0 Å². The number of halogens is 3. The first kappa shape index (κ1) is 20.2. The topological polar surface area (TPSA) is 48.7 Å². The summed E-state index contributed by atoms with van der Waals surface area (Å²) in [6, 6.07) is 16.8. The zero-order valence-corrected chi connectivity index (χ0v) is 18.5. The SMILES string of the molecule is FC(F)Oc1ccc(-c2ccnc3cc(-c4cccc(I)c4)nn23)cc1OCC1CC1. The summed E-state index contributed by atoms with van der Waals surface area (Å²) in [5, 5.41) is 4.74. The van der Waals surface area contributed by atoms with Crippen LogP contribution in [0, 0.1) is 9.49 Å². The Balaban J connectivity index is 1.55. The van der Waals surface area contributed by atoms with E-state index in [9.17, 15) is 8.78 Å². The molecule has 2 aromatic heterocycles. The Labute approximate surface area is 191 Å². The van der Waals surface area contributed by atoms with Crippen LogP contribution in [-0.2, 0) is 0 Å². The second-order valence-corrected chi connectivity index (χ2v) is 8.68. The second-order valence-electron chi connectivity index (χ2n) is 7.43. The first-order chi connectivity index (χ1) is 15.1. The molecule has 0 spiro atoms. The summed E-state index contributed by atoms with van der Waals surface area (Å²) >= 11 is 2.27. The van der Waals surface area contributed by atoms with E-state index < -0.39 is 6.61 Å². The summed E-state index contributed by atoms with van der Waals surface area (Å²) in [6.45, 7) is -2.42. The molecule has 0 unspecified atom stereocenters. The molecule has 158 valence electrons. The molecule has 0 radical (unpaired) electrons. The lowest BCUT2D eigenvalue weighted by Crippen LogP contribution is -2.06. The van der Waals surface area contributed by atoms with Crippen molar-refractivity contribution in [3.63, 3.8) is 0 Å². The quantitative estimate of drug-likeness (QED) is 0.271. The molecular formula is C23H18F2IN3O2. The van der Waals surface area contributed by atoms with E-state index in [0.29, 0.717) is 23.9 Å². The van der Waals surface area contributed by atoms with E-state index in [1.807, 2.05) is 30.3 Å². The number of alkyl halides is 2. The van der Waals surface area contributed by atoms with Crippen molar-refractivity contribution in [3.8, 4) is 34.0 Å². The van der Waals surface area contributed by atoms with Gasteiger partial charge in [-0.2, -0.15) is 13.9 Å². The summed E-state index contributed by atoms with van der Waals surface area (Å²) in [5.41, 5.74) is 4.05. The molecule has 0 saturated heterocycles. The standard InChI is InChI=1S/C23H18F2IN3O2/c24-23(25)31-20-7-6-16(11-21(20)30-13-14-4-5-14)19-8-9-27-22-12-18(28-29(19)22)15-2-1-3-17(26)10-15/h1-3,6-12,14,23H,4-5,13H2. The summed E-state index contributed by atoms with van der Waals surface area (Å²) in [4.78, 5) is 4.43. The van der Waals surface area contributed by atoms with Crippen LogP contribution in [0.4, 0.5) is 8.78 Å². The van der Waals surface area contributed by atoms with Gasteiger partial charge in [-0.3, -0.25) is 0 Å². The average molecular weight is 533 g/mol. The molecule has 1 aliphatic rings. The maximum Gasteiger partial charge on any atom is 0.387 e. The van der Waals surface area contributed by atoms with Gasteiger partial charge in [-0.25, -0.2) is 9.50 Å². The lowest BCUT2D eigenvalue weighted by Gasteiger charge is -2.14. The third-order valence-electron chi connectivity index (χ3n) is 5.11. The largest absolute Gasteiger partial charge is 0.489 e. The van der Waals surface area contributed by atoms with Crippen molar-refractivity contribution < 1.29 is 18.3 Å². The molecule has 1 fully saturated rings. The fourth-order valence-electron chi connectivity index (χ4n) is 3.37. The highest BCUT2D eigenvalue weighted by Gasteiger charge is 2.23. The van der Waals surface area contributed by atoms with E-state index in [-0.39, 0.29) is 5.75 Å². The minimum absolute atomic E-state index is 0.0321. The Morgan fingerprint density at radius 2 is 1.90 bits per heavy atom. The first-order valence-electron chi connectivity index (χ1n) is 9.89. The number of aromatic nitrogens is 3. The third kappa shape index (κ3) is 4.48. The van der Waals surface area contributed by atoms with Gasteiger partial charge in [0, 0.05) is 27.0 Å². The molecule has 0 atom stereocenters. The molecule has 5 nitrogen and oxygen atoms in total. The Bertz CT molecular complexity index is 1240. The summed E-state index contributed by atoms with van der Waals surface area (Å²) in [6.07, 6.45) is 3.91. The molecule has 8 heteroatoms. The number of nitrogens with zero attached hydrogens (tertiary/aromatic N) is 3. The van der Waals surface area contributed by atoms with E-state index in [4.69, 9.17) is 9.84 Å². The molecule has 0 N–H and O–H groups in total. The van der Waals surface area contributed by atoms with Gasteiger partial charge in [-0.1, -0.05) is 12.1 Å². The van der Waals surface area contributed by atoms with Crippen LogP contribution in [0.3, 0.4) is 0 Å². The minimum Gasteiger partial charge on any atom is -0.489 e. The number of fused-ring (bicyclic) bond motifs is 1. The van der Waals surface area contributed by atoms with Crippen molar-refractivity contribution in [2.45, 2.75) is 19.5 Å². The molecule has 2 heterocycles. The zero-order valence-electron chi connectivity index (χ0n) is 16.3. The fraction of sp³-hybridized carbons (Fsp3) is 0.217. The fourth-order valence-corrected chi connectivity index (χ4v) is 3.91. The Morgan fingerprint density at radius 1 is 1.03 bits per heavy atom. The van der Waals surface area contributed by atoms with Crippen molar-refractivity contribution in [2.75, 3.05) is 6.61 Å². The predicted molar refractivity (Wildman–Crippen MR) is 121 cm³/mol. The van der Waals surface area contributed by atoms with Crippen LogP contribution >= 0.6 is 22.6 Å². The van der Waals surface area contributed by atoms with Crippen molar-refractivity contribution in [2.24, 2.45) is 5.92 Å². The monoisotopic (exact) mass is 533 g/mol. The van der Waals surface area contributed by atoms with Crippen molar-refractivity contribution in [3.05, 3.63) is 64.4 Å². The van der Waals surface area contributed by atoms with Crippen LogP contribution in [0.2, 0.25) is 0 Å². The molecule has 2 aromatic carbocycles. The van der Waals surface area contributed by atoms with Crippen LogP contribution in [0.15, 0.2) is 60.8 Å². The highest BCUT2D eigenvalue weighted by atomic mass is 127. The lowest BCUT2D eigenvalue weighted by atomic mass is 10.1. The highest BCUT2D eigenvalue weighted by molar-refractivity contribution is 14.1. The molecule has 4 aromatic rings. The number of hydrogen-bond acceptors (Lipinski definition) is 4. The van der Waals surface area contributed by atoms with Crippen LogP contribution in [0.5, 0.6) is 11.5 Å². The lowest BCUT2D eigenvalue weighted by molar-refractivity contribution is -0.0515. The Hall–Kier alpha value is -2.75. The molecule has 0 bridgehead atoms. The maximum atomic E-state index is 12.8. The average Bonchev–Trinajstić information content (AvgIpc) is 3.48. The van der Waals surface area contributed by atoms with Crippen LogP contribution in [0.1, 0.15) is 12.8 Å². The normalized spacial score (nSPS) is 13.7. The smallest absolute Gasteiger partial charge is 0.387 e. The number of hydrogen-bond donors (Lipinski definition) is 0. The van der Waals surface area contributed by atoms with Gasteiger partial charge < -0.3 is 9.47 Å². The van der Waals surface area contributed by atoms with Gasteiger partial charge in [0.05, 0.1) is 18.0 Å². The zero-order chi connectivity index (χ0) is 21.4. The minimum atomic E-state index is -2.91. The van der Waals surface area contributed by atoms with E-state index in [0.717, 1.165) is 38.9 Å². The third-order valence-corrected chi connectivity index (χ3v) is 5.78. The van der Waals surface area contributed by atoms with Gasteiger partial charge >= 0.3 is 6.61 Å². The highest BCUT2D eigenvalue weighted by Crippen LogP contribution is 2.36. The number of rotatable bonds is 7. The summed E-state index contributed by atoms with van der Waals surface area (Å²) in [5.74, 6) is 0.822. The maximum absolute atomic E-state index is 12.8. The van der Waals surface area contributed by atoms with Gasteiger partial charge in [0.15, 0.2) is 17.1 Å². The van der Waals surface area contributed by atoms with Crippen LogP contribution < -0.4 is 9.47 Å². The van der Waals surface area contributed by atoms with E-state index >= 15 is 0 Å². The molecular weight excluding hydrogens is 515 g/mol. The number of benzene rings is 2. The molecule has 0 aliphatic heterocycles. The molecule has 1 aliphatic carbocycles. The van der Waals surface area contributed by atoms with Gasteiger partial charge in [0.1, 0.15) is 0 Å². The first-order valence-corrected chi connectivity index (χ1v) is 11.0. The van der Waals surface area contributed by atoms with E-state index in [1.54, 1.807) is 22.8 Å². The molecule has 0 amide bonds. The Morgan fingerprint density at radius 3 is 2.68 bits per heavy atom.